The van der Waals surface area contributed by atoms with E-state index in [-0.39, 0.29) is 5.91 Å². The number of anilines is 1. The summed E-state index contributed by atoms with van der Waals surface area (Å²) in [6, 6.07) is 11.3. The van der Waals surface area contributed by atoms with Gasteiger partial charge in [0, 0.05) is 44.8 Å². The number of carbonyl (C=O) groups is 1. The summed E-state index contributed by atoms with van der Waals surface area (Å²) in [6.07, 6.45) is 3.46. The van der Waals surface area contributed by atoms with E-state index in [1.165, 1.54) is 0 Å². The quantitative estimate of drug-likeness (QED) is 0.780. The number of piperazine rings is 1. The second kappa shape index (κ2) is 6.52. The zero-order chi connectivity index (χ0) is 17.2. The molecule has 0 bridgehead atoms. The number of nitrogens with zero attached hydrogens (tertiary/aromatic N) is 5. The summed E-state index contributed by atoms with van der Waals surface area (Å²) < 4.78 is 0. The summed E-state index contributed by atoms with van der Waals surface area (Å²) in [5.74, 6) is 0.531. The molecule has 128 valence electrons. The van der Waals surface area contributed by atoms with E-state index in [9.17, 15) is 4.79 Å². The van der Waals surface area contributed by atoms with Crippen molar-refractivity contribution in [2.45, 2.75) is 0 Å². The van der Waals surface area contributed by atoms with E-state index in [4.69, 9.17) is 0 Å². The number of fused-ring (bicyclic) bond motifs is 1. The Hall–Kier alpha value is -2.93. The predicted molar refractivity (Wildman–Crippen MR) is 97.5 cm³/mol. The van der Waals surface area contributed by atoms with Gasteiger partial charge >= 0.3 is 0 Å². The topological polar surface area (TPSA) is 66.3 Å². The van der Waals surface area contributed by atoms with E-state index >= 15 is 0 Å². The average molecular weight is 336 g/mol. The standard InChI is InChI=1S/C18H20N6O/c1-22(17-7-2-3-8-20-17)18(25)14-5-4-6-16-15(14)13-21-24(16)23-11-9-19-10-12-23/h2-8,13,19H,9-12H2,1H3. The van der Waals surface area contributed by atoms with Crippen LogP contribution < -0.4 is 15.2 Å². The zero-order valence-electron chi connectivity index (χ0n) is 14.1. The third kappa shape index (κ3) is 2.83. The van der Waals surface area contributed by atoms with E-state index in [1.807, 2.05) is 41.2 Å². The Balaban J connectivity index is 1.70. The SMILES string of the molecule is CN(C(=O)c1cccc2c1cnn2N1CCNCC1)c1ccccn1. The molecular formula is C18H20N6O. The van der Waals surface area contributed by atoms with Crippen molar-refractivity contribution < 1.29 is 4.79 Å². The van der Waals surface area contributed by atoms with Gasteiger partial charge in [0.2, 0.25) is 0 Å². The summed E-state index contributed by atoms with van der Waals surface area (Å²) in [4.78, 5) is 20.7. The first-order valence-corrected chi connectivity index (χ1v) is 8.37. The van der Waals surface area contributed by atoms with Crippen LogP contribution in [0, 0.1) is 0 Å². The molecule has 2 aromatic heterocycles. The van der Waals surface area contributed by atoms with E-state index in [2.05, 4.69) is 20.4 Å². The summed E-state index contributed by atoms with van der Waals surface area (Å²) in [5.41, 5.74) is 1.58. The van der Waals surface area contributed by atoms with Gasteiger partial charge in [0.15, 0.2) is 0 Å². The maximum Gasteiger partial charge on any atom is 0.259 e. The van der Waals surface area contributed by atoms with Crippen molar-refractivity contribution in [1.82, 2.24) is 20.2 Å². The van der Waals surface area contributed by atoms with Crippen molar-refractivity contribution in [3.63, 3.8) is 0 Å². The fourth-order valence-corrected chi connectivity index (χ4v) is 3.13. The van der Waals surface area contributed by atoms with Crippen LogP contribution in [0.2, 0.25) is 0 Å². The van der Waals surface area contributed by atoms with Gasteiger partial charge in [-0.2, -0.15) is 9.89 Å². The first kappa shape index (κ1) is 15.6. The highest BCUT2D eigenvalue weighted by atomic mass is 16.2. The molecular weight excluding hydrogens is 316 g/mol. The second-order valence-corrected chi connectivity index (χ2v) is 6.03. The Bertz CT molecular complexity index is 885. The maximum absolute atomic E-state index is 13.0. The highest BCUT2D eigenvalue weighted by molar-refractivity contribution is 6.13. The van der Waals surface area contributed by atoms with Crippen molar-refractivity contribution in [2.24, 2.45) is 0 Å². The van der Waals surface area contributed by atoms with Crippen LogP contribution in [0.5, 0.6) is 0 Å². The zero-order valence-corrected chi connectivity index (χ0v) is 14.1. The molecule has 1 fully saturated rings. The summed E-state index contributed by atoms with van der Waals surface area (Å²) in [6.45, 7) is 3.65. The van der Waals surface area contributed by atoms with Gasteiger partial charge in [0.25, 0.3) is 5.91 Å². The molecule has 3 aromatic rings. The highest BCUT2D eigenvalue weighted by Gasteiger charge is 2.20. The lowest BCUT2D eigenvalue weighted by molar-refractivity contribution is 0.0994. The number of pyridine rings is 1. The van der Waals surface area contributed by atoms with Crippen molar-refractivity contribution in [3.8, 4) is 0 Å². The summed E-state index contributed by atoms with van der Waals surface area (Å²) in [7, 11) is 1.74. The minimum Gasteiger partial charge on any atom is -0.313 e. The Kier molecular flexibility index (Phi) is 4.07. The summed E-state index contributed by atoms with van der Waals surface area (Å²) >= 11 is 0. The molecule has 7 heteroatoms. The normalized spacial score (nSPS) is 14.7. The Labute approximate surface area is 145 Å². The monoisotopic (exact) mass is 336 g/mol. The van der Waals surface area contributed by atoms with Crippen molar-refractivity contribution in [1.29, 1.82) is 0 Å². The van der Waals surface area contributed by atoms with Crippen LogP contribution in [0.15, 0.2) is 48.8 Å². The number of benzene rings is 1. The van der Waals surface area contributed by atoms with Gasteiger partial charge in [0.1, 0.15) is 5.82 Å². The number of hydrogen-bond acceptors (Lipinski definition) is 5. The Morgan fingerprint density at radius 3 is 2.76 bits per heavy atom. The van der Waals surface area contributed by atoms with E-state index < -0.39 is 0 Å². The molecule has 1 aliphatic heterocycles. The Morgan fingerprint density at radius 1 is 1.16 bits per heavy atom. The predicted octanol–water partition coefficient (Wildman–Crippen LogP) is 1.25. The molecule has 0 spiro atoms. The van der Waals surface area contributed by atoms with Crippen LogP contribution in [-0.2, 0) is 0 Å². The molecule has 1 saturated heterocycles. The van der Waals surface area contributed by atoms with Crippen LogP contribution in [0.3, 0.4) is 0 Å². The minimum absolute atomic E-state index is 0.0934. The molecule has 1 N–H and O–H groups in total. The van der Waals surface area contributed by atoms with Crippen molar-refractivity contribution in [3.05, 3.63) is 54.4 Å². The number of amides is 1. The first-order chi connectivity index (χ1) is 12.3. The third-order valence-corrected chi connectivity index (χ3v) is 4.48. The smallest absolute Gasteiger partial charge is 0.259 e. The largest absolute Gasteiger partial charge is 0.313 e. The molecule has 4 rings (SSSR count). The van der Waals surface area contributed by atoms with Crippen LogP contribution >= 0.6 is 0 Å². The molecule has 3 heterocycles. The molecule has 0 saturated carbocycles. The van der Waals surface area contributed by atoms with Gasteiger partial charge in [-0.05, 0) is 24.3 Å². The van der Waals surface area contributed by atoms with E-state index in [1.54, 1.807) is 24.3 Å². The number of rotatable bonds is 3. The molecule has 0 unspecified atom stereocenters. The fourth-order valence-electron chi connectivity index (χ4n) is 3.13. The molecule has 0 radical (unpaired) electrons. The first-order valence-electron chi connectivity index (χ1n) is 8.37. The molecule has 7 nitrogen and oxygen atoms in total. The van der Waals surface area contributed by atoms with Gasteiger partial charge in [-0.1, -0.05) is 12.1 Å². The second-order valence-electron chi connectivity index (χ2n) is 6.03. The van der Waals surface area contributed by atoms with Gasteiger partial charge in [0.05, 0.1) is 17.3 Å². The molecule has 0 atom stereocenters. The third-order valence-electron chi connectivity index (χ3n) is 4.48. The van der Waals surface area contributed by atoms with Gasteiger partial charge in [-0.3, -0.25) is 14.7 Å². The highest BCUT2D eigenvalue weighted by Crippen LogP contribution is 2.22. The molecule has 0 aliphatic carbocycles. The molecule has 25 heavy (non-hydrogen) atoms. The molecule has 1 amide bonds. The lowest BCUT2D eigenvalue weighted by Gasteiger charge is -2.29. The van der Waals surface area contributed by atoms with Crippen LogP contribution in [0.25, 0.3) is 10.9 Å². The van der Waals surface area contributed by atoms with Crippen LogP contribution in [-0.4, -0.2) is 54.0 Å². The maximum atomic E-state index is 13.0. The Morgan fingerprint density at radius 2 is 2.00 bits per heavy atom. The van der Waals surface area contributed by atoms with Gasteiger partial charge < -0.3 is 5.32 Å². The van der Waals surface area contributed by atoms with Gasteiger partial charge in [-0.15, -0.1) is 0 Å². The number of nitrogens with one attached hydrogen (secondary N) is 1. The lowest BCUT2D eigenvalue weighted by Crippen LogP contribution is -2.49. The van der Waals surface area contributed by atoms with Gasteiger partial charge in [-0.25, -0.2) is 4.98 Å². The number of hydrogen-bond donors (Lipinski definition) is 1. The van der Waals surface area contributed by atoms with Crippen LogP contribution in [0.4, 0.5) is 5.82 Å². The van der Waals surface area contributed by atoms with Crippen LogP contribution in [0.1, 0.15) is 10.4 Å². The van der Waals surface area contributed by atoms with Crippen molar-refractivity contribution >= 4 is 22.6 Å². The fraction of sp³-hybridized carbons (Fsp3) is 0.278. The lowest BCUT2D eigenvalue weighted by atomic mass is 10.1. The van der Waals surface area contributed by atoms with Crippen molar-refractivity contribution in [2.75, 3.05) is 43.1 Å². The van der Waals surface area contributed by atoms with E-state index in [0.717, 1.165) is 37.1 Å². The number of aromatic nitrogens is 3. The van der Waals surface area contributed by atoms with E-state index in [0.29, 0.717) is 11.4 Å². The molecule has 1 aromatic carbocycles. The number of carbonyl (C=O) groups excluding carboxylic acids is 1. The minimum atomic E-state index is -0.0934. The molecule has 1 aliphatic rings. The average Bonchev–Trinajstić information content (AvgIpc) is 3.12. The summed E-state index contributed by atoms with van der Waals surface area (Å²) in [5, 5.41) is 10.9.